The number of allylic oxidation sites excluding steroid dienone is 1. The van der Waals surface area contributed by atoms with E-state index in [0.717, 1.165) is 6.08 Å². The third kappa shape index (κ3) is 6.02. The smallest absolute Gasteiger partial charge is 0.324 e. The molecule has 0 spiro atoms. The molecule has 0 aromatic carbocycles. The summed E-state index contributed by atoms with van der Waals surface area (Å²) in [7, 11) is -3.87. The van der Waals surface area contributed by atoms with E-state index in [9.17, 15) is 4.57 Å². The van der Waals surface area contributed by atoms with Crippen LogP contribution in [-0.2, 0) is 4.57 Å². The van der Waals surface area contributed by atoms with Gasteiger partial charge in [-0.05, 0) is 23.3 Å². The van der Waals surface area contributed by atoms with Crippen molar-refractivity contribution in [3.8, 4) is 0 Å². The van der Waals surface area contributed by atoms with Gasteiger partial charge >= 0.3 is 7.60 Å². The summed E-state index contributed by atoms with van der Waals surface area (Å²) in [5, 5.41) is 2.09. The van der Waals surface area contributed by atoms with E-state index >= 15 is 0 Å². The van der Waals surface area contributed by atoms with Crippen molar-refractivity contribution in [2.75, 3.05) is 6.16 Å². The van der Waals surface area contributed by atoms with Crippen LogP contribution in [0.2, 0.25) is 0 Å². The molecule has 46 valence electrons. The monoisotopic (exact) mass is 152 g/mol. The molecule has 0 rings (SSSR count). The standard InChI is InChI=1S/C3H5O3PS/c4-7(5,6)2-1-3-8/h1H,2H2,(H2,4,5,6). The van der Waals surface area contributed by atoms with Crippen molar-refractivity contribution in [1.82, 2.24) is 0 Å². The van der Waals surface area contributed by atoms with Gasteiger partial charge in [-0.1, -0.05) is 0 Å². The summed E-state index contributed by atoms with van der Waals surface area (Å²) >= 11 is 4.17. The maximum Gasteiger partial charge on any atom is 0.329 e. The molecule has 0 radical (unpaired) electrons. The van der Waals surface area contributed by atoms with Crippen LogP contribution in [0.25, 0.3) is 0 Å². The highest BCUT2D eigenvalue weighted by molar-refractivity contribution is 7.78. The molecule has 0 unspecified atom stereocenters. The SMILES string of the molecule is O=P(O)(O)CC=C=S. The zero-order chi connectivity index (χ0) is 6.62. The summed E-state index contributed by atoms with van der Waals surface area (Å²) in [6, 6.07) is 0. The molecule has 0 aliphatic heterocycles. The lowest BCUT2D eigenvalue weighted by Crippen LogP contribution is -1.80. The van der Waals surface area contributed by atoms with Crippen LogP contribution < -0.4 is 0 Å². The fraction of sp³-hybridized carbons (Fsp3) is 0.333. The highest BCUT2D eigenvalue weighted by atomic mass is 32.1. The van der Waals surface area contributed by atoms with Gasteiger partial charge in [0.15, 0.2) is 0 Å². The summed E-state index contributed by atoms with van der Waals surface area (Å²) in [4.78, 5) is 16.3. The molecule has 0 fully saturated rings. The Morgan fingerprint density at radius 2 is 2.25 bits per heavy atom. The van der Waals surface area contributed by atoms with Crippen LogP contribution >= 0.6 is 19.8 Å². The van der Waals surface area contributed by atoms with Gasteiger partial charge in [-0.3, -0.25) is 4.57 Å². The molecule has 0 saturated heterocycles. The Kier molecular flexibility index (Phi) is 3.13. The van der Waals surface area contributed by atoms with E-state index in [1.807, 2.05) is 0 Å². The predicted molar refractivity (Wildman–Crippen MR) is 34.1 cm³/mol. The zero-order valence-corrected chi connectivity index (χ0v) is 5.65. The molecule has 0 aromatic rings. The first-order valence-corrected chi connectivity index (χ1v) is 4.01. The summed E-state index contributed by atoms with van der Waals surface area (Å²) in [5.74, 6) is 0. The van der Waals surface area contributed by atoms with Crippen molar-refractivity contribution in [1.29, 1.82) is 0 Å². The van der Waals surface area contributed by atoms with Gasteiger partial charge in [0.2, 0.25) is 0 Å². The average Bonchev–Trinajstić information content (AvgIpc) is 1.59. The summed E-state index contributed by atoms with van der Waals surface area (Å²) < 4.78 is 9.97. The molecule has 0 amide bonds. The normalized spacial score (nSPS) is 10.2. The minimum absolute atomic E-state index is 0.309. The summed E-state index contributed by atoms with van der Waals surface area (Å²) in [6.45, 7) is 0. The van der Waals surface area contributed by atoms with Crippen LogP contribution in [0.3, 0.4) is 0 Å². The lowest BCUT2D eigenvalue weighted by atomic mass is 10.8. The summed E-state index contributed by atoms with van der Waals surface area (Å²) in [6.07, 6.45) is 0.826. The predicted octanol–water partition coefficient (Wildman–Crippen LogP) is 0.319. The summed E-state index contributed by atoms with van der Waals surface area (Å²) in [5.41, 5.74) is 0. The van der Waals surface area contributed by atoms with Crippen molar-refractivity contribution in [2.24, 2.45) is 0 Å². The van der Waals surface area contributed by atoms with Crippen LogP contribution in [-0.4, -0.2) is 21.0 Å². The fourth-order valence-electron chi connectivity index (χ4n) is 0.156. The Morgan fingerprint density at radius 1 is 1.75 bits per heavy atom. The second-order valence-electron chi connectivity index (χ2n) is 1.17. The highest BCUT2D eigenvalue weighted by Crippen LogP contribution is 2.33. The first kappa shape index (κ1) is 8.02. The van der Waals surface area contributed by atoms with Crippen molar-refractivity contribution in [3.63, 3.8) is 0 Å². The van der Waals surface area contributed by atoms with Crippen LogP contribution in [0.5, 0.6) is 0 Å². The van der Waals surface area contributed by atoms with Gasteiger partial charge in [0.05, 0.1) is 6.16 Å². The van der Waals surface area contributed by atoms with Crippen molar-refractivity contribution >= 4 is 24.8 Å². The Bertz CT molecular complexity index is 154. The Labute approximate surface area is 52.2 Å². The third-order valence-corrected chi connectivity index (χ3v) is 1.24. The minimum atomic E-state index is -3.87. The van der Waals surface area contributed by atoms with Crippen molar-refractivity contribution in [2.45, 2.75) is 0 Å². The van der Waals surface area contributed by atoms with Crippen LogP contribution in [0.1, 0.15) is 0 Å². The molecular weight excluding hydrogens is 147 g/mol. The van der Waals surface area contributed by atoms with Crippen LogP contribution in [0, 0.1) is 0 Å². The Balaban J connectivity index is 3.74. The molecule has 0 aliphatic carbocycles. The lowest BCUT2D eigenvalue weighted by molar-refractivity contribution is 0.377. The molecule has 0 aliphatic rings. The van der Waals surface area contributed by atoms with Crippen LogP contribution in [0.4, 0.5) is 0 Å². The lowest BCUT2D eigenvalue weighted by Gasteiger charge is -1.93. The molecule has 5 heteroatoms. The van der Waals surface area contributed by atoms with Crippen LogP contribution in [0.15, 0.2) is 6.08 Å². The number of rotatable bonds is 2. The average molecular weight is 152 g/mol. The minimum Gasteiger partial charge on any atom is -0.324 e. The third-order valence-electron chi connectivity index (χ3n) is 0.412. The maximum absolute atomic E-state index is 9.97. The van der Waals surface area contributed by atoms with E-state index in [-0.39, 0.29) is 6.16 Å². The second-order valence-corrected chi connectivity index (χ2v) is 3.10. The quantitative estimate of drug-likeness (QED) is 0.442. The van der Waals surface area contributed by atoms with E-state index in [2.05, 4.69) is 17.2 Å². The van der Waals surface area contributed by atoms with E-state index in [1.54, 1.807) is 0 Å². The molecule has 8 heavy (non-hydrogen) atoms. The second kappa shape index (κ2) is 3.13. The van der Waals surface area contributed by atoms with Crippen molar-refractivity contribution < 1.29 is 14.4 Å². The van der Waals surface area contributed by atoms with Gasteiger partial charge in [-0.2, -0.15) is 0 Å². The molecule has 2 N–H and O–H groups in total. The van der Waals surface area contributed by atoms with Gasteiger partial charge in [0.1, 0.15) is 0 Å². The Morgan fingerprint density at radius 3 is 2.38 bits per heavy atom. The van der Waals surface area contributed by atoms with Gasteiger partial charge < -0.3 is 9.79 Å². The van der Waals surface area contributed by atoms with Gasteiger partial charge in [0.25, 0.3) is 0 Å². The topological polar surface area (TPSA) is 57.5 Å². The molecule has 0 bridgehead atoms. The first-order chi connectivity index (χ1) is 3.56. The Hall–Kier alpha value is 0.0200. The number of hydrogen-bond acceptors (Lipinski definition) is 2. The molecule has 0 saturated carbocycles. The molecule has 0 aromatic heterocycles. The first-order valence-electron chi connectivity index (χ1n) is 1.80. The van der Waals surface area contributed by atoms with E-state index in [1.165, 1.54) is 0 Å². The largest absolute Gasteiger partial charge is 0.329 e. The molecule has 0 atom stereocenters. The number of thiocarbonyl (C=S) groups is 1. The van der Waals surface area contributed by atoms with Crippen molar-refractivity contribution in [3.05, 3.63) is 6.08 Å². The van der Waals surface area contributed by atoms with E-state index < -0.39 is 7.60 Å². The van der Waals surface area contributed by atoms with Gasteiger partial charge in [0, 0.05) is 0 Å². The highest BCUT2D eigenvalue weighted by Gasteiger charge is 2.07. The molecule has 3 nitrogen and oxygen atoms in total. The van der Waals surface area contributed by atoms with Gasteiger partial charge in [-0.15, -0.1) is 0 Å². The van der Waals surface area contributed by atoms with E-state index in [0.29, 0.717) is 0 Å². The van der Waals surface area contributed by atoms with E-state index in [4.69, 9.17) is 9.79 Å². The maximum atomic E-state index is 9.97. The fourth-order valence-corrected chi connectivity index (χ4v) is 0.692. The molecule has 0 heterocycles. The molecular formula is C3H5O3PS. The zero-order valence-electron chi connectivity index (χ0n) is 3.94. The number of hydrogen-bond donors (Lipinski definition) is 2. The van der Waals surface area contributed by atoms with Gasteiger partial charge in [-0.25, -0.2) is 0 Å².